The van der Waals surface area contributed by atoms with Gasteiger partial charge in [-0.1, -0.05) is 12.8 Å². The summed E-state index contributed by atoms with van der Waals surface area (Å²) in [4.78, 5) is 7.15. The number of hydrogen-bond donors (Lipinski definition) is 2. The number of aliphatic imine (C=N–C) groups is 1. The van der Waals surface area contributed by atoms with E-state index in [9.17, 15) is 0 Å². The molecule has 0 spiro atoms. The Kier molecular flexibility index (Phi) is 10.9. The first kappa shape index (κ1) is 19.5. The van der Waals surface area contributed by atoms with Crippen molar-refractivity contribution in [2.75, 3.05) is 32.7 Å². The molecule has 1 saturated heterocycles. The Bertz CT molecular complexity index is 324. The third-order valence-electron chi connectivity index (χ3n) is 3.53. The molecule has 0 aromatic rings. The zero-order valence-electron chi connectivity index (χ0n) is 13.0. The lowest BCUT2D eigenvalue weighted by molar-refractivity contribution is 0.142. The van der Waals surface area contributed by atoms with E-state index in [0.29, 0.717) is 12.6 Å². The maximum atomic E-state index is 5.26. The zero-order valence-corrected chi connectivity index (χ0v) is 15.3. The first-order valence-electron chi connectivity index (χ1n) is 7.37. The highest BCUT2D eigenvalue weighted by atomic mass is 127. The Labute approximate surface area is 141 Å². The van der Waals surface area contributed by atoms with Gasteiger partial charge in [-0.25, -0.2) is 0 Å². The van der Waals surface area contributed by atoms with Crippen molar-refractivity contribution < 1.29 is 0 Å². The largest absolute Gasteiger partial charge is 0.357 e. The quantitative estimate of drug-likeness (QED) is 0.325. The van der Waals surface area contributed by atoms with Crippen molar-refractivity contribution >= 4 is 29.9 Å². The molecule has 2 atom stereocenters. The van der Waals surface area contributed by atoms with Gasteiger partial charge in [-0.3, -0.25) is 9.89 Å². The van der Waals surface area contributed by atoms with Gasteiger partial charge in [0.15, 0.2) is 5.96 Å². The molecule has 20 heavy (non-hydrogen) atoms. The summed E-state index contributed by atoms with van der Waals surface area (Å²) in [5.41, 5.74) is 0. The van der Waals surface area contributed by atoms with E-state index in [2.05, 4.69) is 47.2 Å². The van der Waals surface area contributed by atoms with Crippen LogP contribution in [-0.2, 0) is 0 Å². The summed E-state index contributed by atoms with van der Waals surface area (Å²) in [7, 11) is 0. The number of hydrogen-bond acceptors (Lipinski definition) is 2. The fourth-order valence-corrected chi connectivity index (χ4v) is 2.44. The summed E-state index contributed by atoms with van der Waals surface area (Å²) in [6.07, 6.45) is 7.93. The molecule has 0 bridgehead atoms. The molecule has 4 nitrogen and oxygen atoms in total. The lowest BCUT2D eigenvalue weighted by atomic mass is 9.99. The van der Waals surface area contributed by atoms with Gasteiger partial charge in [0, 0.05) is 19.1 Å². The minimum atomic E-state index is 0. The molecule has 1 aliphatic rings. The lowest BCUT2D eigenvalue weighted by Gasteiger charge is -2.35. The Morgan fingerprint density at radius 3 is 2.85 bits per heavy atom. The fourth-order valence-electron chi connectivity index (χ4n) is 2.44. The summed E-state index contributed by atoms with van der Waals surface area (Å²) in [6.45, 7) is 11.2. The monoisotopic (exact) mass is 392 g/mol. The summed E-state index contributed by atoms with van der Waals surface area (Å²) >= 11 is 0. The van der Waals surface area contributed by atoms with Crippen LogP contribution >= 0.6 is 24.0 Å². The van der Waals surface area contributed by atoms with E-state index < -0.39 is 0 Å². The third kappa shape index (κ3) is 7.34. The van der Waals surface area contributed by atoms with Gasteiger partial charge in [-0.05, 0) is 39.2 Å². The standard InChI is InChI=1S/C15H28N4.HI/c1-5-9-17-15(16-6-2)18-11-14(4)19-10-7-8-13(3)12-19;/h1,13-14H,6-12H2,2-4H3,(H2,16,17,18);1H. The molecule has 1 heterocycles. The molecule has 0 amide bonds. The summed E-state index contributed by atoms with van der Waals surface area (Å²) < 4.78 is 0. The van der Waals surface area contributed by atoms with Gasteiger partial charge < -0.3 is 10.6 Å². The number of rotatable bonds is 5. The Hall–Kier alpha value is -0.480. The number of likely N-dealkylation sites (tertiary alicyclic amines) is 1. The molecule has 1 fully saturated rings. The van der Waals surface area contributed by atoms with E-state index in [0.717, 1.165) is 25.0 Å². The van der Waals surface area contributed by atoms with Crippen molar-refractivity contribution in [1.82, 2.24) is 15.5 Å². The van der Waals surface area contributed by atoms with Gasteiger partial charge in [0.05, 0.1) is 13.1 Å². The predicted molar refractivity (Wildman–Crippen MR) is 97.7 cm³/mol. The van der Waals surface area contributed by atoms with Crippen LogP contribution < -0.4 is 10.6 Å². The minimum absolute atomic E-state index is 0. The highest BCUT2D eigenvalue weighted by Gasteiger charge is 2.20. The van der Waals surface area contributed by atoms with E-state index >= 15 is 0 Å². The number of guanidine groups is 1. The topological polar surface area (TPSA) is 39.7 Å². The van der Waals surface area contributed by atoms with Crippen LogP contribution in [0.15, 0.2) is 4.99 Å². The highest BCUT2D eigenvalue weighted by molar-refractivity contribution is 14.0. The van der Waals surface area contributed by atoms with Crippen LogP contribution in [0.5, 0.6) is 0 Å². The summed E-state index contributed by atoms with van der Waals surface area (Å²) in [5.74, 6) is 4.20. The third-order valence-corrected chi connectivity index (χ3v) is 3.53. The molecule has 1 aliphatic heterocycles. The molecule has 0 aliphatic carbocycles. The van der Waals surface area contributed by atoms with Gasteiger partial charge in [0.1, 0.15) is 0 Å². The first-order chi connectivity index (χ1) is 9.17. The second-order valence-corrected chi connectivity index (χ2v) is 5.37. The number of terminal acetylenes is 1. The Morgan fingerprint density at radius 1 is 1.50 bits per heavy atom. The van der Waals surface area contributed by atoms with Crippen LogP contribution in [0.4, 0.5) is 0 Å². The molecule has 0 aromatic heterocycles. The molecule has 5 heteroatoms. The summed E-state index contributed by atoms with van der Waals surface area (Å²) in [5, 5.41) is 6.33. The smallest absolute Gasteiger partial charge is 0.192 e. The fraction of sp³-hybridized carbons (Fsp3) is 0.800. The van der Waals surface area contributed by atoms with E-state index in [4.69, 9.17) is 6.42 Å². The van der Waals surface area contributed by atoms with E-state index in [1.54, 1.807) is 0 Å². The molecule has 0 radical (unpaired) electrons. The van der Waals surface area contributed by atoms with Crippen LogP contribution in [0.2, 0.25) is 0 Å². The average molecular weight is 392 g/mol. The van der Waals surface area contributed by atoms with Crippen molar-refractivity contribution in [2.24, 2.45) is 10.9 Å². The maximum Gasteiger partial charge on any atom is 0.192 e. The SMILES string of the molecule is C#CCNC(=NCC(C)N1CCCC(C)C1)NCC.I. The predicted octanol–water partition coefficient (Wildman–Crippen LogP) is 1.91. The first-order valence-corrected chi connectivity index (χ1v) is 7.37. The van der Waals surface area contributed by atoms with E-state index in [1.807, 2.05) is 0 Å². The van der Waals surface area contributed by atoms with Crippen molar-refractivity contribution in [3.05, 3.63) is 0 Å². The molecular formula is C15H29IN4. The minimum Gasteiger partial charge on any atom is -0.357 e. The normalized spacial score (nSPS) is 21.5. The van der Waals surface area contributed by atoms with Crippen molar-refractivity contribution in [1.29, 1.82) is 0 Å². The average Bonchev–Trinajstić information content (AvgIpc) is 2.41. The number of piperidine rings is 1. The Morgan fingerprint density at radius 2 is 2.25 bits per heavy atom. The van der Waals surface area contributed by atoms with Crippen LogP contribution in [0, 0.1) is 18.3 Å². The van der Waals surface area contributed by atoms with Crippen LogP contribution in [0.25, 0.3) is 0 Å². The highest BCUT2D eigenvalue weighted by Crippen LogP contribution is 2.17. The zero-order chi connectivity index (χ0) is 14.1. The van der Waals surface area contributed by atoms with Crippen LogP contribution in [0.3, 0.4) is 0 Å². The molecule has 2 N–H and O–H groups in total. The van der Waals surface area contributed by atoms with Crippen molar-refractivity contribution in [2.45, 2.75) is 39.7 Å². The molecule has 0 saturated carbocycles. The van der Waals surface area contributed by atoms with Crippen LogP contribution in [0.1, 0.15) is 33.6 Å². The van der Waals surface area contributed by atoms with Gasteiger partial charge in [0.2, 0.25) is 0 Å². The Balaban J connectivity index is 0.00000361. The molecule has 116 valence electrons. The molecule has 1 rings (SSSR count). The van der Waals surface area contributed by atoms with E-state index in [-0.39, 0.29) is 24.0 Å². The van der Waals surface area contributed by atoms with Crippen LogP contribution in [-0.4, -0.2) is 49.6 Å². The van der Waals surface area contributed by atoms with Gasteiger partial charge >= 0.3 is 0 Å². The van der Waals surface area contributed by atoms with Gasteiger partial charge in [0.25, 0.3) is 0 Å². The second kappa shape index (κ2) is 11.2. The number of halogens is 1. The van der Waals surface area contributed by atoms with Gasteiger partial charge in [-0.2, -0.15) is 0 Å². The second-order valence-electron chi connectivity index (χ2n) is 5.37. The summed E-state index contributed by atoms with van der Waals surface area (Å²) in [6, 6.07) is 0.490. The number of nitrogens with zero attached hydrogens (tertiary/aromatic N) is 2. The lowest BCUT2D eigenvalue weighted by Crippen LogP contribution is -2.43. The van der Waals surface area contributed by atoms with Gasteiger partial charge in [-0.15, -0.1) is 30.4 Å². The molecule has 2 unspecified atom stereocenters. The number of nitrogens with one attached hydrogen (secondary N) is 2. The van der Waals surface area contributed by atoms with Crippen molar-refractivity contribution in [3.8, 4) is 12.3 Å². The van der Waals surface area contributed by atoms with E-state index in [1.165, 1.54) is 25.9 Å². The van der Waals surface area contributed by atoms with Crippen molar-refractivity contribution in [3.63, 3.8) is 0 Å². The molecular weight excluding hydrogens is 363 g/mol. The maximum absolute atomic E-state index is 5.26. The molecule has 0 aromatic carbocycles.